The Balaban J connectivity index is 1.96. The summed E-state index contributed by atoms with van der Waals surface area (Å²) in [6.45, 7) is 1.76. The molecule has 0 bridgehead atoms. The van der Waals surface area contributed by atoms with Crippen LogP contribution in [0, 0.1) is 24.1 Å². The van der Waals surface area contributed by atoms with E-state index in [1.165, 1.54) is 12.1 Å². The van der Waals surface area contributed by atoms with Gasteiger partial charge >= 0.3 is 0 Å². The summed E-state index contributed by atoms with van der Waals surface area (Å²) in [6, 6.07) is 5.28. The first-order valence-corrected chi connectivity index (χ1v) is 8.18. The zero-order chi connectivity index (χ0) is 15.9. The van der Waals surface area contributed by atoms with Crippen LogP contribution in [-0.2, 0) is 10.0 Å². The Kier molecular flexibility index (Phi) is 3.37. The Hall–Kier alpha value is -2.40. The molecular formula is C14H13FN4O2S. The van der Waals surface area contributed by atoms with Crippen LogP contribution >= 0.6 is 0 Å². The number of anilines is 1. The van der Waals surface area contributed by atoms with Gasteiger partial charge in [0.25, 0.3) is 10.0 Å². The quantitative estimate of drug-likeness (QED) is 0.903. The Morgan fingerprint density at radius 1 is 1.45 bits per heavy atom. The number of rotatable bonds is 4. The molecule has 1 saturated carbocycles. The molecule has 2 aromatic rings. The number of aromatic amines is 1. The van der Waals surface area contributed by atoms with Gasteiger partial charge in [0, 0.05) is 17.2 Å². The van der Waals surface area contributed by atoms with Crippen LogP contribution in [-0.4, -0.2) is 18.6 Å². The average Bonchev–Trinajstić information content (AvgIpc) is 3.25. The van der Waals surface area contributed by atoms with Gasteiger partial charge in [-0.1, -0.05) is 6.07 Å². The van der Waals surface area contributed by atoms with Gasteiger partial charge in [0.2, 0.25) is 0 Å². The number of nitrogens with one attached hydrogen (secondary N) is 2. The largest absolute Gasteiger partial charge is 0.280 e. The Morgan fingerprint density at radius 2 is 2.18 bits per heavy atom. The molecule has 114 valence electrons. The summed E-state index contributed by atoms with van der Waals surface area (Å²) in [5, 5.41) is 15.6. The third-order valence-corrected chi connectivity index (χ3v) is 4.99. The molecule has 1 aromatic heterocycles. The number of hydrogen-bond donors (Lipinski definition) is 2. The lowest BCUT2D eigenvalue weighted by atomic mass is 10.2. The highest BCUT2D eigenvalue weighted by atomic mass is 32.2. The number of hydrogen-bond acceptors (Lipinski definition) is 4. The van der Waals surface area contributed by atoms with Crippen molar-refractivity contribution in [3.63, 3.8) is 0 Å². The second-order valence-corrected chi connectivity index (χ2v) is 6.87. The maximum atomic E-state index is 14.0. The van der Waals surface area contributed by atoms with Gasteiger partial charge in [0.05, 0.1) is 5.56 Å². The molecule has 0 aliphatic heterocycles. The standard InChI is InChI=1S/C14H13FN4O2S/c1-8-13(9-5-6-9)17-18-14(8)19-22(20,21)11-4-2-3-10(7-16)12(11)15/h2-4,9H,5-6H2,1H3,(H2,17,18,19). The van der Waals surface area contributed by atoms with Gasteiger partial charge in [-0.2, -0.15) is 10.4 Å². The van der Waals surface area contributed by atoms with Crippen molar-refractivity contribution < 1.29 is 12.8 Å². The summed E-state index contributed by atoms with van der Waals surface area (Å²) in [5.74, 6) is -0.513. The van der Waals surface area contributed by atoms with Gasteiger partial charge in [-0.3, -0.25) is 9.82 Å². The van der Waals surface area contributed by atoms with Crippen molar-refractivity contribution in [1.82, 2.24) is 10.2 Å². The highest BCUT2D eigenvalue weighted by molar-refractivity contribution is 7.92. The zero-order valence-electron chi connectivity index (χ0n) is 11.7. The molecule has 6 nitrogen and oxygen atoms in total. The van der Waals surface area contributed by atoms with E-state index in [-0.39, 0.29) is 11.4 Å². The number of nitrogens with zero attached hydrogens (tertiary/aromatic N) is 2. The maximum absolute atomic E-state index is 14.0. The van der Waals surface area contributed by atoms with Gasteiger partial charge < -0.3 is 0 Å². The smallest absolute Gasteiger partial charge is 0.266 e. The summed E-state index contributed by atoms with van der Waals surface area (Å²) in [5.41, 5.74) is 1.30. The molecular weight excluding hydrogens is 307 g/mol. The number of nitriles is 1. The summed E-state index contributed by atoms with van der Waals surface area (Å²) in [4.78, 5) is -0.568. The van der Waals surface area contributed by atoms with Crippen molar-refractivity contribution in [3.8, 4) is 6.07 Å². The van der Waals surface area contributed by atoms with E-state index < -0.39 is 20.7 Å². The topological polar surface area (TPSA) is 98.6 Å². The van der Waals surface area contributed by atoms with Gasteiger partial charge in [0.15, 0.2) is 11.6 Å². The third kappa shape index (κ3) is 2.44. The number of H-pyrrole nitrogens is 1. The van der Waals surface area contributed by atoms with E-state index in [2.05, 4.69) is 14.9 Å². The van der Waals surface area contributed by atoms with Crippen molar-refractivity contribution >= 4 is 15.8 Å². The van der Waals surface area contributed by atoms with Crippen LogP contribution in [0.4, 0.5) is 10.2 Å². The SMILES string of the molecule is Cc1c(NS(=O)(=O)c2cccc(C#N)c2F)n[nH]c1C1CC1. The molecule has 0 spiro atoms. The Labute approximate surface area is 127 Å². The normalized spacial score (nSPS) is 14.6. The van der Waals surface area contributed by atoms with Crippen molar-refractivity contribution in [1.29, 1.82) is 5.26 Å². The molecule has 0 amide bonds. The lowest BCUT2D eigenvalue weighted by Crippen LogP contribution is -2.16. The van der Waals surface area contributed by atoms with Crippen LogP contribution in [0.2, 0.25) is 0 Å². The van der Waals surface area contributed by atoms with Crippen molar-refractivity contribution in [2.45, 2.75) is 30.6 Å². The fourth-order valence-corrected chi connectivity index (χ4v) is 3.43. The number of sulfonamides is 1. The molecule has 0 saturated heterocycles. The summed E-state index contributed by atoms with van der Waals surface area (Å²) < 4.78 is 41.0. The van der Waals surface area contributed by atoms with E-state index in [4.69, 9.17) is 5.26 Å². The minimum Gasteiger partial charge on any atom is -0.280 e. The van der Waals surface area contributed by atoms with Crippen LogP contribution in [0.25, 0.3) is 0 Å². The summed E-state index contributed by atoms with van der Waals surface area (Å²) in [6.07, 6.45) is 2.10. The summed E-state index contributed by atoms with van der Waals surface area (Å²) >= 11 is 0. The van der Waals surface area contributed by atoms with E-state index in [0.717, 1.165) is 24.6 Å². The minimum atomic E-state index is -4.15. The molecule has 1 aromatic carbocycles. The highest BCUT2D eigenvalue weighted by Gasteiger charge is 2.30. The third-order valence-electron chi connectivity index (χ3n) is 3.64. The van der Waals surface area contributed by atoms with Crippen LogP contribution in [0.3, 0.4) is 0 Å². The molecule has 1 heterocycles. The van der Waals surface area contributed by atoms with E-state index in [9.17, 15) is 12.8 Å². The molecule has 3 rings (SSSR count). The van der Waals surface area contributed by atoms with Crippen LogP contribution in [0.1, 0.15) is 35.6 Å². The van der Waals surface area contributed by atoms with Crippen molar-refractivity contribution in [2.75, 3.05) is 4.72 Å². The predicted molar refractivity (Wildman–Crippen MR) is 77.2 cm³/mol. The van der Waals surface area contributed by atoms with Gasteiger partial charge in [-0.25, -0.2) is 12.8 Å². The molecule has 22 heavy (non-hydrogen) atoms. The van der Waals surface area contributed by atoms with E-state index >= 15 is 0 Å². The first-order chi connectivity index (χ1) is 10.4. The molecule has 2 N–H and O–H groups in total. The predicted octanol–water partition coefficient (Wildman–Crippen LogP) is 2.41. The van der Waals surface area contributed by atoms with Crippen molar-refractivity contribution in [3.05, 3.63) is 40.8 Å². The molecule has 1 aliphatic carbocycles. The minimum absolute atomic E-state index is 0.156. The molecule has 1 fully saturated rings. The van der Waals surface area contributed by atoms with Crippen LogP contribution in [0.15, 0.2) is 23.1 Å². The summed E-state index contributed by atoms with van der Waals surface area (Å²) in [7, 11) is -4.15. The second kappa shape index (κ2) is 5.10. The van der Waals surface area contributed by atoms with E-state index in [1.54, 1.807) is 13.0 Å². The first kappa shape index (κ1) is 14.5. The average molecular weight is 320 g/mol. The molecule has 0 unspecified atom stereocenters. The fraction of sp³-hybridized carbons (Fsp3) is 0.286. The van der Waals surface area contributed by atoms with Gasteiger partial charge in [-0.15, -0.1) is 0 Å². The Bertz CT molecular complexity index is 879. The van der Waals surface area contributed by atoms with Gasteiger partial charge in [0.1, 0.15) is 11.0 Å². The highest BCUT2D eigenvalue weighted by Crippen LogP contribution is 2.41. The fourth-order valence-electron chi connectivity index (χ4n) is 2.27. The lowest BCUT2D eigenvalue weighted by molar-refractivity contribution is 0.568. The first-order valence-electron chi connectivity index (χ1n) is 6.70. The molecule has 1 aliphatic rings. The van der Waals surface area contributed by atoms with E-state index in [0.29, 0.717) is 11.5 Å². The Morgan fingerprint density at radius 3 is 2.82 bits per heavy atom. The zero-order valence-corrected chi connectivity index (χ0v) is 12.5. The van der Waals surface area contributed by atoms with Crippen LogP contribution < -0.4 is 4.72 Å². The number of aromatic nitrogens is 2. The van der Waals surface area contributed by atoms with Crippen molar-refractivity contribution in [2.24, 2.45) is 0 Å². The number of halogens is 1. The lowest BCUT2D eigenvalue weighted by Gasteiger charge is -2.08. The second-order valence-electron chi connectivity index (χ2n) is 5.22. The molecule has 0 atom stereocenters. The van der Waals surface area contributed by atoms with Crippen LogP contribution in [0.5, 0.6) is 0 Å². The number of benzene rings is 1. The molecule has 8 heteroatoms. The monoisotopic (exact) mass is 320 g/mol. The van der Waals surface area contributed by atoms with E-state index in [1.807, 2.05) is 0 Å². The molecule has 0 radical (unpaired) electrons. The van der Waals surface area contributed by atoms with Gasteiger partial charge in [-0.05, 0) is 31.9 Å². The maximum Gasteiger partial charge on any atom is 0.266 e.